The van der Waals surface area contributed by atoms with Crippen LogP contribution in [0.1, 0.15) is 47.7 Å². The van der Waals surface area contributed by atoms with Crippen molar-refractivity contribution in [1.82, 2.24) is 9.78 Å². The summed E-state index contributed by atoms with van der Waals surface area (Å²) in [6, 6.07) is 25.2. The van der Waals surface area contributed by atoms with E-state index >= 15 is 0 Å². The van der Waals surface area contributed by atoms with Crippen LogP contribution in [0.4, 0.5) is 5.82 Å². The fourth-order valence-electron chi connectivity index (χ4n) is 5.52. The van der Waals surface area contributed by atoms with Crippen molar-refractivity contribution in [2.24, 2.45) is 11.3 Å². The number of H-pyrrole nitrogens is 1. The van der Waals surface area contributed by atoms with Crippen LogP contribution in [0, 0.1) is 11.3 Å². The van der Waals surface area contributed by atoms with E-state index in [1.165, 1.54) is 4.68 Å². The summed E-state index contributed by atoms with van der Waals surface area (Å²) in [7, 11) is 0. The van der Waals surface area contributed by atoms with E-state index < -0.39 is 17.8 Å². The van der Waals surface area contributed by atoms with Gasteiger partial charge < -0.3 is 10.1 Å². The molecule has 0 spiro atoms. The molecule has 0 amide bonds. The van der Waals surface area contributed by atoms with Crippen molar-refractivity contribution in [3.8, 4) is 11.4 Å². The zero-order chi connectivity index (χ0) is 26.4. The van der Waals surface area contributed by atoms with Gasteiger partial charge >= 0.3 is 5.97 Å². The van der Waals surface area contributed by atoms with E-state index in [2.05, 4.69) is 16.5 Å². The molecule has 38 heavy (non-hydrogen) atoms. The molecule has 3 aromatic carbocycles. The standard InChI is InChI=1S/C31H27N3O4/c1-31(2)17-23-26(24(35)18-31)25(27-28(32-23)33-34(29(27)36)21-11-7-4-8-12-21)19-13-15-22(16-14-19)38-30(37)20-9-5-3-6-10-20/h3-17,25-26,32-33H,18H2,1-2H3/t25-,26+/m1/s1. The summed E-state index contributed by atoms with van der Waals surface area (Å²) in [4.78, 5) is 39.8. The summed E-state index contributed by atoms with van der Waals surface area (Å²) in [5, 5.41) is 6.59. The van der Waals surface area contributed by atoms with Gasteiger partial charge in [0, 0.05) is 18.0 Å². The van der Waals surface area contributed by atoms with E-state index in [-0.39, 0.29) is 16.8 Å². The summed E-state index contributed by atoms with van der Waals surface area (Å²) in [6.45, 7) is 4.07. The Morgan fingerprint density at radius 3 is 2.24 bits per heavy atom. The zero-order valence-electron chi connectivity index (χ0n) is 21.1. The maximum absolute atomic E-state index is 13.8. The first-order chi connectivity index (χ1) is 18.3. The lowest BCUT2D eigenvalue weighted by molar-refractivity contribution is -0.124. The molecule has 2 aliphatic rings. The molecular weight excluding hydrogens is 478 g/mol. The van der Waals surface area contributed by atoms with Crippen LogP contribution < -0.4 is 15.6 Å². The van der Waals surface area contributed by atoms with Gasteiger partial charge in [-0.3, -0.25) is 14.7 Å². The van der Waals surface area contributed by atoms with Crippen LogP contribution in [0.3, 0.4) is 0 Å². The topological polar surface area (TPSA) is 93.2 Å². The van der Waals surface area contributed by atoms with Crippen LogP contribution in [0.2, 0.25) is 0 Å². The highest BCUT2D eigenvalue weighted by atomic mass is 16.5. The first kappa shape index (κ1) is 23.7. The molecule has 6 rings (SSSR count). The number of benzene rings is 3. The quantitative estimate of drug-likeness (QED) is 0.285. The van der Waals surface area contributed by atoms with Crippen molar-refractivity contribution in [3.05, 3.63) is 124 Å². The fraction of sp³-hybridized carbons (Fsp3) is 0.194. The lowest BCUT2D eigenvalue weighted by atomic mass is 9.67. The second-order valence-electron chi connectivity index (χ2n) is 10.5. The largest absolute Gasteiger partial charge is 0.423 e. The Balaban J connectivity index is 1.42. The van der Waals surface area contributed by atoms with Gasteiger partial charge in [-0.1, -0.05) is 68.5 Å². The van der Waals surface area contributed by atoms with E-state index in [4.69, 9.17) is 4.74 Å². The number of nitrogens with one attached hydrogen (secondary N) is 2. The van der Waals surface area contributed by atoms with Gasteiger partial charge in [0.25, 0.3) is 5.56 Å². The highest BCUT2D eigenvalue weighted by molar-refractivity contribution is 5.91. The molecule has 2 N–H and O–H groups in total. The lowest BCUT2D eigenvalue weighted by Crippen LogP contribution is -2.40. The molecule has 0 radical (unpaired) electrons. The van der Waals surface area contributed by atoms with E-state index in [0.717, 1.165) is 11.3 Å². The molecule has 4 aromatic rings. The number of ketones is 1. The number of fused-ring (bicyclic) bond motifs is 2. The molecule has 0 saturated carbocycles. The normalized spacial score (nSPS) is 19.5. The number of aromatic nitrogens is 2. The molecule has 190 valence electrons. The van der Waals surface area contributed by atoms with Crippen LogP contribution in [-0.2, 0) is 4.79 Å². The number of nitrogens with zero attached hydrogens (tertiary/aromatic N) is 1. The number of carbonyl (C=O) groups excluding carboxylic acids is 2. The first-order valence-electron chi connectivity index (χ1n) is 12.6. The highest BCUT2D eigenvalue weighted by Gasteiger charge is 2.46. The van der Waals surface area contributed by atoms with Gasteiger partial charge in [0.15, 0.2) is 0 Å². The number of esters is 1. The second kappa shape index (κ2) is 9.03. The minimum absolute atomic E-state index is 0.0853. The number of anilines is 1. The number of hydrogen-bond donors (Lipinski definition) is 2. The van der Waals surface area contributed by atoms with Crippen molar-refractivity contribution < 1.29 is 14.3 Å². The fourth-order valence-corrected chi connectivity index (χ4v) is 5.52. The summed E-state index contributed by atoms with van der Waals surface area (Å²) in [6.07, 6.45) is 2.49. The number of allylic oxidation sites excluding steroid dienone is 2. The Morgan fingerprint density at radius 2 is 1.55 bits per heavy atom. The van der Waals surface area contributed by atoms with Crippen LogP contribution in [-0.4, -0.2) is 21.5 Å². The molecule has 0 unspecified atom stereocenters. The smallest absolute Gasteiger partial charge is 0.343 e. The Morgan fingerprint density at radius 1 is 0.895 bits per heavy atom. The van der Waals surface area contributed by atoms with Gasteiger partial charge in [0.2, 0.25) is 0 Å². The molecule has 2 heterocycles. The second-order valence-corrected chi connectivity index (χ2v) is 10.5. The van der Waals surface area contributed by atoms with Crippen LogP contribution in [0.25, 0.3) is 5.69 Å². The van der Waals surface area contributed by atoms with Crippen molar-refractivity contribution >= 4 is 17.6 Å². The molecule has 0 fully saturated rings. The van der Waals surface area contributed by atoms with E-state index in [9.17, 15) is 14.4 Å². The monoisotopic (exact) mass is 505 g/mol. The predicted molar refractivity (Wildman–Crippen MR) is 145 cm³/mol. The van der Waals surface area contributed by atoms with Crippen molar-refractivity contribution in [1.29, 1.82) is 0 Å². The predicted octanol–water partition coefficient (Wildman–Crippen LogP) is 5.44. The van der Waals surface area contributed by atoms with E-state index in [1.54, 1.807) is 36.4 Å². The van der Waals surface area contributed by atoms with Crippen molar-refractivity contribution in [2.45, 2.75) is 26.2 Å². The van der Waals surface area contributed by atoms with Crippen LogP contribution in [0.15, 0.2) is 101 Å². The minimum Gasteiger partial charge on any atom is -0.423 e. The van der Waals surface area contributed by atoms with Crippen LogP contribution >= 0.6 is 0 Å². The third-order valence-corrected chi connectivity index (χ3v) is 7.17. The highest BCUT2D eigenvalue weighted by Crippen LogP contribution is 2.48. The van der Waals surface area contributed by atoms with E-state index in [1.807, 2.05) is 62.4 Å². The number of Topliss-reactive ketones (excluding diaryl/α,β-unsaturated/α-hetero) is 1. The third-order valence-electron chi connectivity index (χ3n) is 7.17. The Bertz CT molecular complexity index is 1610. The lowest BCUT2D eigenvalue weighted by Gasteiger charge is -2.39. The Labute approximate surface area is 219 Å². The first-order valence-corrected chi connectivity index (χ1v) is 12.6. The van der Waals surface area contributed by atoms with Gasteiger partial charge in [-0.15, -0.1) is 0 Å². The average Bonchev–Trinajstić information content (AvgIpc) is 3.24. The third kappa shape index (κ3) is 4.16. The molecule has 7 heteroatoms. The number of hydrogen-bond acceptors (Lipinski definition) is 5. The molecule has 0 bridgehead atoms. The molecule has 2 atom stereocenters. The number of carbonyl (C=O) groups is 2. The maximum atomic E-state index is 13.8. The molecule has 1 aliphatic carbocycles. The number of ether oxygens (including phenoxy) is 1. The van der Waals surface area contributed by atoms with Gasteiger partial charge in [-0.05, 0) is 47.4 Å². The van der Waals surface area contributed by atoms with Gasteiger partial charge in [-0.2, -0.15) is 0 Å². The summed E-state index contributed by atoms with van der Waals surface area (Å²) in [5.74, 6) is -0.402. The van der Waals surface area contributed by atoms with Gasteiger partial charge in [0.05, 0.1) is 22.7 Å². The maximum Gasteiger partial charge on any atom is 0.343 e. The molecule has 1 aliphatic heterocycles. The zero-order valence-corrected chi connectivity index (χ0v) is 21.1. The summed E-state index contributed by atoms with van der Waals surface area (Å²) in [5.41, 5.74) is 2.77. The number of aromatic amines is 1. The average molecular weight is 506 g/mol. The van der Waals surface area contributed by atoms with Crippen molar-refractivity contribution in [2.75, 3.05) is 5.32 Å². The number of para-hydroxylation sites is 1. The SMILES string of the molecule is CC1(C)C=C2Nc3[nH]n(-c4ccccc4)c(=O)c3[C@H](c3ccc(OC(=O)c4ccccc4)cc3)[C@@H]2C(=O)C1. The molecular formula is C31H27N3O4. The summed E-state index contributed by atoms with van der Waals surface area (Å²) >= 11 is 0. The number of rotatable bonds is 4. The minimum atomic E-state index is -0.513. The van der Waals surface area contributed by atoms with Crippen LogP contribution in [0.5, 0.6) is 5.75 Å². The van der Waals surface area contributed by atoms with Crippen molar-refractivity contribution in [3.63, 3.8) is 0 Å². The molecule has 1 aromatic heterocycles. The summed E-state index contributed by atoms with van der Waals surface area (Å²) < 4.78 is 7.06. The molecule has 0 saturated heterocycles. The Hall–Kier alpha value is -4.65. The van der Waals surface area contributed by atoms with E-state index in [0.29, 0.717) is 34.8 Å². The Kier molecular flexibility index (Phi) is 5.64. The van der Waals surface area contributed by atoms with Gasteiger partial charge in [-0.25, -0.2) is 9.48 Å². The molecule has 7 nitrogen and oxygen atoms in total. The van der Waals surface area contributed by atoms with Gasteiger partial charge in [0.1, 0.15) is 17.4 Å².